The number of nitrogens with zero attached hydrogens (tertiary/aromatic N) is 7. The highest BCUT2D eigenvalue weighted by Crippen LogP contribution is 2.23. The van der Waals surface area contributed by atoms with Crippen molar-refractivity contribution in [1.82, 2.24) is 34.7 Å². The number of anilines is 1. The number of rotatable bonds is 4. The highest BCUT2D eigenvalue weighted by Gasteiger charge is 2.11. The fourth-order valence-electron chi connectivity index (χ4n) is 1.21. The SMILES string of the molecule is NNc1nc(Sc2ncco2)nc(-n2cncn2)n1. The number of hydrogen-bond acceptors (Lipinski definition) is 10. The van der Waals surface area contributed by atoms with Gasteiger partial charge in [0.2, 0.25) is 11.1 Å². The van der Waals surface area contributed by atoms with Gasteiger partial charge in [0.05, 0.1) is 6.20 Å². The van der Waals surface area contributed by atoms with Gasteiger partial charge >= 0.3 is 0 Å². The van der Waals surface area contributed by atoms with Crippen LogP contribution in [0.4, 0.5) is 5.95 Å². The van der Waals surface area contributed by atoms with E-state index in [0.29, 0.717) is 10.4 Å². The fraction of sp³-hybridized carbons (Fsp3) is 0. The molecule has 11 heteroatoms. The summed E-state index contributed by atoms with van der Waals surface area (Å²) in [6.07, 6.45) is 5.84. The van der Waals surface area contributed by atoms with Gasteiger partial charge in [0.15, 0.2) is 0 Å². The van der Waals surface area contributed by atoms with E-state index < -0.39 is 0 Å². The summed E-state index contributed by atoms with van der Waals surface area (Å²) in [4.78, 5) is 20.1. The van der Waals surface area contributed by atoms with Crippen LogP contribution in [0.1, 0.15) is 0 Å². The Morgan fingerprint density at radius 1 is 1.32 bits per heavy atom. The second-order valence-electron chi connectivity index (χ2n) is 3.13. The topological polar surface area (TPSA) is 133 Å². The second-order valence-corrected chi connectivity index (χ2v) is 4.04. The van der Waals surface area contributed by atoms with Gasteiger partial charge in [0.25, 0.3) is 11.2 Å². The summed E-state index contributed by atoms with van der Waals surface area (Å²) in [7, 11) is 0. The highest BCUT2D eigenvalue weighted by atomic mass is 32.2. The van der Waals surface area contributed by atoms with Crippen molar-refractivity contribution in [2.75, 3.05) is 5.43 Å². The number of oxazole rings is 1. The van der Waals surface area contributed by atoms with Gasteiger partial charge in [0, 0.05) is 11.8 Å². The zero-order chi connectivity index (χ0) is 13.1. The maximum atomic E-state index is 5.32. The lowest BCUT2D eigenvalue weighted by Crippen LogP contribution is -2.14. The Morgan fingerprint density at radius 2 is 2.26 bits per heavy atom. The lowest BCUT2D eigenvalue weighted by molar-refractivity contribution is 0.453. The molecule has 3 aromatic rings. The third kappa shape index (κ3) is 2.51. The van der Waals surface area contributed by atoms with Crippen LogP contribution < -0.4 is 11.3 Å². The van der Waals surface area contributed by atoms with Crippen LogP contribution in [0.5, 0.6) is 0 Å². The molecular formula is C8H7N9OS. The maximum Gasteiger partial charge on any atom is 0.263 e. The number of nitrogen functional groups attached to an aromatic ring is 1. The molecule has 0 bridgehead atoms. The van der Waals surface area contributed by atoms with E-state index in [9.17, 15) is 0 Å². The van der Waals surface area contributed by atoms with Crippen molar-refractivity contribution in [2.24, 2.45) is 5.84 Å². The Labute approximate surface area is 110 Å². The van der Waals surface area contributed by atoms with Gasteiger partial charge in [-0.1, -0.05) is 0 Å². The molecular weight excluding hydrogens is 270 g/mol. The first kappa shape index (κ1) is 11.6. The Kier molecular flexibility index (Phi) is 3.04. The first-order valence-electron chi connectivity index (χ1n) is 5.00. The van der Waals surface area contributed by atoms with Crippen LogP contribution in [-0.4, -0.2) is 34.7 Å². The van der Waals surface area contributed by atoms with Gasteiger partial charge in [-0.3, -0.25) is 5.43 Å². The predicted octanol–water partition coefficient (Wildman–Crippen LogP) is -0.123. The Morgan fingerprint density at radius 3 is 2.95 bits per heavy atom. The van der Waals surface area contributed by atoms with E-state index in [1.54, 1.807) is 0 Å². The number of nitrogens with one attached hydrogen (secondary N) is 1. The van der Waals surface area contributed by atoms with Crippen LogP contribution in [0.3, 0.4) is 0 Å². The van der Waals surface area contributed by atoms with Crippen LogP contribution >= 0.6 is 11.8 Å². The molecule has 3 rings (SSSR count). The van der Waals surface area contributed by atoms with Crippen molar-refractivity contribution in [2.45, 2.75) is 10.4 Å². The largest absolute Gasteiger partial charge is 0.440 e. The molecule has 3 aromatic heterocycles. The zero-order valence-electron chi connectivity index (χ0n) is 9.33. The normalized spacial score (nSPS) is 10.6. The molecule has 0 aliphatic heterocycles. The standard InChI is InChI=1S/C8H7N9OS/c9-16-5-13-6(17-4-10-3-12-17)15-7(14-5)19-8-11-1-2-18-8/h1-4H,9H2,(H,13,14,15,16). The molecule has 0 aromatic carbocycles. The molecule has 0 unspecified atom stereocenters. The molecule has 19 heavy (non-hydrogen) atoms. The zero-order valence-corrected chi connectivity index (χ0v) is 10.2. The van der Waals surface area contributed by atoms with Crippen LogP contribution in [0.15, 0.2) is 39.9 Å². The number of hydrazine groups is 1. The molecule has 0 saturated heterocycles. The summed E-state index contributed by atoms with van der Waals surface area (Å²) >= 11 is 1.14. The van der Waals surface area contributed by atoms with Crippen molar-refractivity contribution in [1.29, 1.82) is 0 Å². The molecule has 96 valence electrons. The Hall–Kier alpha value is -2.53. The minimum Gasteiger partial charge on any atom is -0.440 e. The van der Waals surface area contributed by atoms with Crippen LogP contribution in [0.25, 0.3) is 5.95 Å². The average molecular weight is 277 g/mol. The van der Waals surface area contributed by atoms with Gasteiger partial charge in [-0.25, -0.2) is 15.8 Å². The van der Waals surface area contributed by atoms with E-state index in [2.05, 4.69) is 35.4 Å². The second kappa shape index (κ2) is 4.99. The first-order valence-corrected chi connectivity index (χ1v) is 5.82. The van der Waals surface area contributed by atoms with Crippen molar-refractivity contribution < 1.29 is 4.42 Å². The van der Waals surface area contributed by atoms with E-state index in [1.165, 1.54) is 29.8 Å². The molecule has 0 spiro atoms. The summed E-state index contributed by atoms with van der Waals surface area (Å²) in [6, 6.07) is 0. The number of hydrogen-bond donors (Lipinski definition) is 2. The van der Waals surface area contributed by atoms with Gasteiger partial charge < -0.3 is 4.42 Å². The van der Waals surface area contributed by atoms with Crippen molar-refractivity contribution >= 4 is 17.7 Å². The van der Waals surface area contributed by atoms with Crippen molar-refractivity contribution in [3.8, 4) is 5.95 Å². The number of nitrogens with two attached hydrogens (primary N) is 1. The maximum absolute atomic E-state index is 5.32. The molecule has 0 saturated carbocycles. The summed E-state index contributed by atoms with van der Waals surface area (Å²) < 4.78 is 6.50. The van der Waals surface area contributed by atoms with Gasteiger partial charge in [-0.2, -0.15) is 24.7 Å². The third-order valence-corrected chi connectivity index (χ3v) is 2.69. The summed E-state index contributed by atoms with van der Waals surface area (Å²) in [5.41, 5.74) is 2.36. The van der Waals surface area contributed by atoms with Crippen molar-refractivity contribution in [3.63, 3.8) is 0 Å². The van der Waals surface area contributed by atoms with E-state index in [4.69, 9.17) is 10.3 Å². The van der Waals surface area contributed by atoms with Gasteiger partial charge in [-0.05, 0) is 0 Å². The van der Waals surface area contributed by atoms with Crippen LogP contribution in [-0.2, 0) is 0 Å². The van der Waals surface area contributed by atoms with Crippen molar-refractivity contribution in [3.05, 3.63) is 25.1 Å². The van der Waals surface area contributed by atoms with E-state index in [1.807, 2.05) is 0 Å². The fourth-order valence-corrected chi connectivity index (χ4v) is 1.84. The molecule has 3 N–H and O–H groups in total. The van der Waals surface area contributed by atoms with Gasteiger partial charge in [0.1, 0.15) is 18.9 Å². The molecule has 3 heterocycles. The Balaban J connectivity index is 1.98. The summed E-state index contributed by atoms with van der Waals surface area (Å²) in [6.45, 7) is 0. The van der Waals surface area contributed by atoms with E-state index >= 15 is 0 Å². The first-order chi connectivity index (χ1) is 9.35. The molecule has 0 amide bonds. The highest BCUT2D eigenvalue weighted by molar-refractivity contribution is 7.98. The monoisotopic (exact) mass is 277 g/mol. The molecule has 0 radical (unpaired) electrons. The molecule has 0 aliphatic carbocycles. The lowest BCUT2D eigenvalue weighted by Gasteiger charge is -2.04. The average Bonchev–Trinajstić information content (AvgIpc) is 3.11. The quantitative estimate of drug-likeness (QED) is 0.490. The van der Waals surface area contributed by atoms with E-state index in [-0.39, 0.29) is 11.9 Å². The van der Waals surface area contributed by atoms with Gasteiger partial charge in [-0.15, -0.1) is 0 Å². The molecule has 0 fully saturated rings. The third-order valence-electron chi connectivity index (χ3n) is 1.94. The minimum absolute atomic E-state index is 0.203. The molecule has 0 atom stereocenters. The predicted molar refractivity (Wildman–Crippen MR) is 63.2 cm³/mol. The minimum atomic E-state index is 0.203. The smallest absolute Gasteiger partial charge is 0.263 e. The van der Waals surface area contributed by atoms with Crippen LogP contribution in [0, 0.1) is 0 Å². The Bertz CT molecular complexity index is 653. The molecule has 0 aliphatic rings. The van der Waals surface area contributed by atoms with E-state index in [0.717, 1.165) is 11.8 Å². The molecule has 10 nitrogen and oxygen atoms in total. The lowest BCUT2D eigenvalue weighted by atomic mass is 10.8. The summed E-state index contributed by atoms with van der Waals surface area (Å²) in [5.74, 6) is 5.81. The number of aromatic nitrogens is 7. The van der Waals surface area contributed by atoms with Crippen LogP contribution in [0.2, 0.25) is 0 Å². The summed E-state index contributed by atoms with van der Waals surface area (Å²) in [5, 5.41) is 4.72.